The Kier molecular flexibility index (Phi) is 4.64. The summed E-state index contributed by atoms with van der Waals surface area (Å²) in [5.41, 5.74) is 1.54. The zero-order valence-electron chi connectivity index (χ0n) is 13.3. The molecule has 0 spiro atoms. The number of carbonyl (C=O) groups is 2. The quantitative estimate of drug-likeness (QED) is 0.774. The van der Waals surface area contributed by atoms with Gasteiger partial charge in [0.2, 0.25) is 0 Å². The van der Waals surface area contributed by atoms with Gasteiger partial charge in [-0.3, -0.25) is 9.59 Å². The van der Waals surface area contributed by atoms with Crippen LogP contribution in [0.3, 0.4) is 0 Å². The normalized spacial score (nSPS) is 19.5. The standard InChI is InChI=1S/C18H18FNO4/c1-23-18(22)10-20-8-13-6-15(7-17(21)16(13)9-20)24-11-12-3-2-4-14(19)5-12/h2-6,8,16H,7,9-11H2,1H3. The van der Waals surface area contributed by atoms with E-state index < -0.39 is 0 Å². The highest BCUT2D eigenvalue weighted by Crippen LogP contribution is 2.32. The Hall–Kier alpha value is -2.63. The van der Waals surface area contributed by atoms with Crippen LogP contribution in [0.5, 0.6) is 0 Å². The summed E-state index contributed by atoms with van der Waals surface area (Å²) in [5, 5.41) is 0. The molecule has 6 heteroatoms. The van der Waals surface area contributed by atoms with E-state index in [1.54, 1.807) is 23.2 Å². The molecular formula is C18H18FNO4. The highest BCUT2D eigenvalue weighted by atomic mass is 19.1. The van der Waals surface area contributed by atoms with E-state index in [0.717, 1.165) is 5.57 Å². The van der Waals surface area contributed by atoms with Crippen LogP contribution in [0.4, 0.5) is 4.39 Å². The minimum absolute atomic E-state index is 0.0605. The third-order valence-corrected chi connectivity index (χ3v) is 4.09. The largest absolute Gasteiger partial charge is 0.493 e. The van der Waals surface area contributed by atoms with Crippen LogP contribution in [0.1, 0.15) is 12.0 Å². The first-order chi connectivity index (χ1) is 11.5. The van der Waals surface area contributed by atoms with Gasteiger partial charge in [0.05, 0.1) is 19.4 Å². The van der Waals surface area contributed by atoms with Crippen LogP contribution in [-0.2, 0) is 25.7 Å². The molecule has 0 radical (unpaired) electrons. The van der Waals surface area contributed by atoms with Crippen molar-refractivity contribution >= 4 is 11.8 Å². The summed E-state index contributed by atoms with van der Waals surface area (Å²) in [6.07, 6.45) is 3.84. The lowest BCUT2D eigenvalue weighted by atomic mass is 9.89. The van der Waals surface area contributed by atoms with Gasteiger partial charge < -0.3 is 14.4 Å². The average Bonchev–Trinajstić information content (AvgIpc) is 2.96. The first-order valence-corrected chi connectivity index (χ1v) is 7.68. The number of hydrogen-bond acceptors (Lipinski definition) is 5. The topological polar surface area (TPSA) is 55.8 Å². The van der Waals surface area contributed by atoms with Gasteiger partial charge in [0.15, 0.2) is 0 Å². The number of ether oxygens (including phenoxy) is 2. The Balaban J connectivity index is 1.67. The van der Waals surface area contributed by atoms with Crippen molar-refractivity contribution in [2.45, 2.75) is 13.0 Å². The molecule has 1 aliphatic carbocycles. The molecule has 0 N–H and O–H groups in total. The fourth-order valence-corrected chi connectivity index (χ4v) is 2.89. The molecule has 3 rings (SSSR count). The van der Waals surface area contributed by atoms with Crippen LogP contribution in [0.2, 0.25) is 0 Å². The molecule has 0 saturated heterocycles. The Morgan fingerprint density at radius 2 is 2.25 bits per heavy atom. The van der Waals surface area contributed by atoms with Crippen LogP contribution in [0, 0.1) is 11.7 Å². The van der Waals surface area contributed by atoms with E-state index in [-0.39, 0.29) is 43.1 Å². The van der Waals surface area contributed by atoms with Crippen molar-refractivity contribution in [2.24, 2.45) is 5.92 Å². The molecule has 0 amide bonds. The monoisotopic (exact) mass is 331 g/mol. The van der Waals surface area contributed by atoms with Gasteiger partial charge >= 0.3 is 5.97 Å². The molecule has 0 bridgehead atoms. The lowest BCUT2D eigenvalue weighted by Crippen LogP contribution is -2.30. The van der Waals surface area contributed by atoms with Gasteiger partial charge in [-0.1, -0.05) is 12.1 Å². The summed E-state index contributed by atoms with van der Waals surface area (Å²) in [6.45, 7) is 0.814. The van der Waals surface area contributed by atoms with Crippen molar-refractivity contribution in [3.05, 3.63) is 59.3 Å². The minimum atomic E-state index is -0.343. The summed E-state index contributed by atoms with van der Waals surface area (Å²) in [7, 11) is 1.34. The number of benzene rings is 1. The fraction of sp³-hybridized carbons (Fsp3) is 0.333. The molecule has 1 aromatic carbocycles. The number of Topliss-reactive ketones (excluding diaryl/α,β-unsaturated/α-hetero) is 1. The highest BCUT2D eigenvalue weighted by molar-refractivity contribution is 5.89. The second-order valence-electron chi connectivity index (χ2n) is 5.86. The molecule has 1 aliphatic heterocycles. The van der Waals surface area contributed by atoms with Gasteiger partial charge in [-0.2, -0.15) is 0 Å². The van der Waals surface area contributed by atoms with Crippen LogP contribution in [-0.4, -0.2) is 36.9 Å². The van der Waals surface area contributed by atoms with Crippen LogP contribution in [0.15, 0.2) is 47.9 Å². The summed E-state index contributed by atoms with van der Waals surface area (Å²) in [4.78, 5) is 25.4. The first kappa shape index (κ1) is 16.2. The molecule has 2 aliphatic rings. The second kappa shape index (κ2) is 6.86. The SMILES string of the molecule is COC(=O)CN1C=C2C=C(OCc3cccc(F)c3)CC(=O)C2C1. The smallest absolute Gasteiger partial charge is 0.325 e. The molecule has 1 unspecified atom stereocenters. The number of carbonyl (C=O) groups excluding carboxylic acids is 2. The van der Waals surface area contributed by atoms with E-state index in [2.05, 4.69) is 4.74 Å². The summed E-state index contributed by atoms with van der Waals surface area (Å²) in [6, 6.07) is 6.16. The molecular weight excluding hydrogens is 313 g/mol. The maximum absolute atomic E-state index is 13.2. The van der Waals surface area contributed by atoms with Crippen molar-refractivity contribution in [1.29, 1.82) is 0 Å². The number of rotatable bonds is 5. The van der Waals surface area contributed by atoms with Gasteiger partial charge in [-0.15, -0.1) is 0 Å². The number of ketones is 1. The van der Waals surface area contributed by atoms with Crippen LogP contribution in [0.25, 0.3) is 0 Å². The van der Waals surface area contributed by atoms with Crippen molar-refractivity contribution in [1.82, 2.24) is 4.90 Å². The third-order valence-electron chi connectivity index (χ3n) is 4.09. The predicted octanol–water partition coefficient (Wildman–Crippen LogP) is 2.19. The highest BCUT2D eigenvalue weighted by Gasteiger charge is 2.34. The second-order valence-corrected chi connectivity index (χ2v) is 5.86. The maximum atomic E-state index is 13.2. The maximum Gasteiger partial charge on any atom is 0.325 e. The molecule has 5 nitrogen and oxygen atoms in total. The van der Waals surface area contributed by atoms with Crippen molar-refractivity contribution < 1.29 is 23.5 Å². The molecule has 1 atom stereocenters. The Morgan fingerprint density at radius 3 is 3.00 bits per heavy atom. The summed E-state index contributed by atoms with van der Waals surface area (Å²) in [5.74, 6) is -0.264. The number of methoxy groups -OCH3 is 1. The zero-order valence-corrected chi connectivity index (χ0v) is 13.3. The Bertz CT molecular complexity index is 725. The summed E-state index contributed by atoms with van der Waals surface area (Å²) >= 11 is 0. The number of allylic oxidation sites excluding steroid dienone is 2. The van der Waals surface area contributed by atoms with Crippen molar-refractivity contribution in [3.8, 4) is 0 Å². The average molecular weight is 331 g/mol. The molecule has 0 aromatic heterocycles. The van der Waals surface area contributed by atoms with E-state index in [4.69, 9.17) is 4.74 Å². The molecule has 1 aromatic rings. The number of halogens is 1. The van der Waals surface area contributed by atoms with Gasteiger partial charge in [0.25, 0.3) is 0 Å². The Labute approximate surface area is 139 Å². The number of nitrogens with zero attached hydrogens (tertiary/aromatic N) is 1. The fourth-order valence-electron chi connectivity index (χ4n) is 2.89. The molecule has 0 fully saturated rings. The zero-order chi connectivity index (χ0) is 17.1. The predicted molar refractivity (Wildman–Crippen MR) is 84.1 cm³/mol. The molecule has 126 valence electrons. The van der Waals surface area contributed by atoms with Gasteiger partial charge in [-0.25, -0.2) is 4.39 Å². The molecule has 24 heavy (non-hydrogen) atoms. The van der Waals surface area contributed by atoms with Gasteiger partial charge in [0.1, 0.15) is 30.5 Å². The van der Waals surface area contributed by atoms with Crippen molar-refractivity contribution in [2.75, 3.05) is 20.2 Å². The molecule has 0 saturated carbocycles. The van der Waals surface area contributed by atoms with E-state index in [9.17, 15) is 14.0 Å². The van der Waals surface area contributed by atoms with Crippen LogP contribution < -0.4 is 0 Å². The molecule has 1 heterocycles. The van der Waals surface area contributed by atoms with E-state index in [1.807, 2.05) is 6.08 Å². The first-order valence-electron chi connectivity index (χ1n) is 7.68. The number of hydrogen-bond donors (Lipinski definition) is 0. The minimum Gasteiger partial charge on any atom is -0.493 e. The number of esters is 1. The van der Waals surface area contributed by atoms with E-state index in [0.29, 0.717) is 17.9 Å². The lowest BCUT2D eigenvalue weighted by Gasteiger charge is -2.20. The third kappa shape index (κ3) is 3.64. The number of fused-ring (bicyclic) bond motifs is 1. The Morgan fingerprint density at radius 1 is 1.42 bits per heavy atom. The van der Waals surface area contributed by atoms with E-state index >= 15 is 0 Å². The van der Waals surface area contributed by atoms with Gasteiger partial charge in [0, 0.05) is 12.7 Å². The van der Waals surface area contributed by atoms with E-state index in [1.165, 1.54) is 19.2 Å². The van der Waals surface area contributed by atoms with Crippen LogP contribution >= 0.6 is 0 Å². The van der Waals surface area contributed by atoms with Gasteiger partial charge in [-0.05, 0) is 29.3 Å². The summed E-state index contributed by atoms with van der Waals surface area (Å²) < 4.78 is 23.5. The lowest BCUT2D eigenvalue weighted by molar-refractivity contribution is -0.141. The van der Waals surface area contributed by atoms with Crippen molar-refractivity contribution in [3.63, 3.8) is 0 Å².